The molecule has 0 aliphatic heterocycles. The second-order valence-corrected chi connectivity index (χ2v) is 6.95. The van der Waals surface area contributed by atoms with E-state index in [4.69, 9.17) is 9.97 Å². The number of rotatable bonds is 3. The summed E-state index contributed by atoms with van der Waals surface area (Å²) < 4.78 is 1.21. The topological polar surface area (TPSA) is 25.8 Å². The maximum atomic E-state index is 4.82. The molecule has 0 atom stereocenters. The summed E-state index contributed by atoms with van der Waals surface area (Å²) in [6.07, 6.45) is 0. The Bertz CT molecular complexity index is 924. The van der Waals surface area contributed by atoms with E-state index in [1.54, 1.807) is 0 Å². The molecule has 0 saturated heterocycles. The first kappa shape index (κ1) is 16.0. The van der Waals surface area contributed by atoms with Gasteiger partial charge in [-0.2, -0.15) is 0 Å². The molecule has 0 aliphatic carbocycles. The van der Waals surface area contributed by atoms with Crippen LogP contribution in [0.25, 0.3) is 33.9 Å². The Morgan fingerprint density at radius 3 is 1.56 bits per heavy atom. The highest BCUT2D eigenvalue weighted by atomic mass is 127. The van der Waals surface area contributed by atoms with Crippen molar-refractivity contribution in [2.45, 2.75) is 0 Å². The molecule has 1 aromatic heterocycles. The van der Waals surface area contributed by atoms with E-state index >= 15 is 0 Å². The number of benzene rings is 3. The van der Waals surface area contributed by atoms with Gasteiger partial charge >= 0.3 is 0 Å². The van der Waals surface area contributed by atoms with Gasteiger partial charge in [0.15, 0.2) is 5.82 Å². The van der Waals surface area contributed by atoms with E-state index in [1.165, 1.54) is 3.57 Å². The van der Waals surface area contributed by atoms with E-state index < -0.39 is 0 Å². The molecule has 0 spiro atoms. The molecule has 25 heavy (non-hydrogen) atoms. The minimum atomic E-state index is 0.746. The lowest BCUT2D eigenvalue weighted by molar-refractivity contribution is 1.18. The quantitative estimate of drug-likeness (QED) is 0.365. The first-order chi connectivity index (χ1) is 12.3. The van der Waals surface area contributed by atoms with Gasteiger partial charge in [-0.3, -0.25) is 0 Å². The van der Waals surface area contributed by atoms with Crippen molar-refractivity contribution in [2.75, 3.05) is 0 Å². The second-order valence-electron chi connectivity index (χ2n) is 5.70. The van der Waals surface area contributed by atoms with Crippen molar-refractivity contribution in [3.05, 3.63) is 94.6 Å². The van der Waals surface area contributed by atoms with E-state index in [1.807, 2.05) is 48.5 Å². The second kappa shape index (κ2) is 7.15. The predicted molar refractivity (Wildman–Crippen MR) is 111 cm³/mol. The first-order valence-electron chi connectivity index (χ1n) is 8.05. The summed E-state index contributed by atoms with van der Waals surface area (Å²) in [6.45, 7) is 0. The third kappa shape index (κ3) is 3.61. The molecule has 0 bridgehead atoms. The van der Waals surface area contributed by atoms with Gasteiger partial charge in [-0.15, -0.1) is 0 Å². The van der Waals surface area contributed by atoms with E-state index in [-0.39, 0.29) is 0 Å². The molecule has 1 heterocycles. The zero-order valence-corrected chi connectivity index (χ0v) is 15.6. The van der Waals surface area contributed by atoms with Crippen molar-refractivity contribution in [1.82, 2.24) is 9.97 Å². The van der Waals surface area contributed by atoms with E-state index in [0.717, 1.165) is 33.9 Å². The molecule has 0 fully saturated rings. The smallest absolute Gasteiger partial charge is 0.160 e. The number of halogens is 1. The van der Waals surface area contributed by atoms with Crippen LogP contribution in [0.1, 0.15) is 0 Å². The summed E-state index contributed by atoms with van der Waals surface area (Å²) in [6, 6.07) is 30.8. The average molecular weight is 434 g/mol. The monoisotopic (exact) mass is 434 g/mol. The molecule has 0 amide bonds. The van der Waals surface area contributed by atoms with Gasteiger partial charge in [0.2, 0.25) is 0 Å². The fourth-order valence-corrected chi connectivity index (χ4v) is 3.05. The first-order valence-corrected chi connectivity index (χ1v) is 9.13. The summed E-state index contributed by atoms with van der Waals surface area (Å²) >= 11 is 2.32. The van der Waals surface area contributed by atoms with Crippen molar-refractivity contribution in [3.63, 3.8) is 0 Å². The van der Waals surface area contributed by atoms with Crippen LogP contribution in [-0.4, -0.2) is 9.97 Å². The minimum absolute atomic E-state index is 0.746. The summed E-state index contributed by atoms with van der Waals surface area (Å²) in [7, 11) is 0. The Balaban J connectivity index is 1.90. The Morgan fingerprint density at radius 2 is 1.00 bits per heavy atom. The van der Waals surface area contributed by atoms with Gasteiger partial charge in [-0.25, -0.2) is 9.97 Å². The van der Waals surface area contributed by atoms with Crippen LogP contribution >= 0.6 is 22.6 Å². The lowest BCUT2D eigenvalue weighted by atomic mass is 10.1. The van der Waals surface area contributed by atoms with Gasteiger partial charge in [0.25, 0.3) is 0 Å². The third-order valence-corrected chi connectivity index (χ3v) is 4.69. The van der Waals surface area contributed by atoms with E-state index in [0.29, 0.717) is 0 Å². The number of nitrogens with zero attached hydrogens (tertiary/aromatic N) is 2. The van der Waals surface area contributed by atoms with Gasteiger partial charge in [0.1, 0.15) is 0 Å². The van der Waals surface area contributed by atoms with Gasteiger partial charge in [-0.05, 0) is 40.8 Å². The SMILES string of the molecule is Ic1ccc(-c2cc(-c3ccccc3)nc(-c3ccccc3)n2)cc1. The summed E-state index contributed by atoms with van der Waals surface area (Å²) in [5.74, 6) is 0.746. The van der Waals surface area contributed by atoms with E-state index in [9.17, 15) is 0 Å². The molecule has 3 heteroatoms. The highest BCUT2D eigenvalue weighted by Gasteiger charge is 2.10. The summed E-state index contributed by atoms with van der Waals surface area (Å²) in [5.41, 5.74) is 5.07. The Morgan fingerprint density at radius 1 is 0.520 bits per heavy atom. The Kier molecular flexibility index (Phi) is 4.57. The van der Waals surface area contributed by atoms with Gasteiger partial charge in [0, 0.05) is 20.3 Å². The molecule has 0 saturated carbocycles. The zero-order valence-electron chi connectivity index (χ0n) is 13.4. The lowest BCUT2D eigenvalue weighted by Gasteiger charge is -2.09. The van der Waals surface area contributed by atoms with Crippen LogP contribution < -0.4 is 0 Å². The maximum Gasteiger partial charge on any atom is 0.160 e. The van der Waals surface area contributed by atoms with Crippen molar-refractivity contribution < 1.29 is 0 Å². The van der Waals surface area contributed by atoms with Crippen molar-refractivity contribution in [3.8, 4) is 33.9 Å². The molecule has 4 rings (SSSR count). The largest absolute Gasteiger partial charge is 0.228 e. The van der Waals surface area contributed by atoms with Gasteiger partial charge in [-0.1, -0.05) is 72.8 Å². The lowest BCUT2D eigenvalue weighted by Crippen LogP contribution is -1.95. The summed E-state index contributed by atoms with van der Waals surface area (Å²) in [5, 5.41) is 0. The molecule has 120 valence electrons. The molecule has 0 N–H and O–H groups in total. The molecule has 0 radical (unpaired) electrons. The van der Waals surface area contributed by atoms with Crippen LogP contribution in [0.4, 0.5) is 0 Å². The molecule has 4 aromatic rings. The fourth-order valence-electron chi connectivity index (χ4n) is 2.69. The molecular weight excluding hydrogens is 419 g/mol. The van der Waals surface area contributed by atoms with Crippen LogP contribution in [0.5, 0.6) is 0 Å². The summed E-state index contributed by atoms with van der Waals surface area (Å²) in [4.78, 5) is 9.62. The standard InChI is InChI=1S/C22H15IN2/c23-19-13-11-17(12-14-19)21-15-20(16-7-3-1-4-8-16)24-22(25-21)18-9-5-2-6-10-18/h1-15H. The number of hydrogen-bond donors (Lipinski definition) is 0. The van der Waals surface area contributed by atoms with Crippen LogP contribution in [0.3, 0.4) is 0 Å². The minimum Gasteiger partial charge on any atom is -0.228 e. The Hall–Kier alpha value is -2.53. The number of hydrogen-bond acceptors (Lipinski definition) is 2. The predicted octanol–water partition coefficient (Wildman–Crippen LogP) is 6.08. The highest BCUT2D eigenvalue weighted by Crippen LogP contribution is 2.27. The molecular formula is C22H15IN2. The van der Waals surface area contributed by atoms with Crippen molar-refractivity contribution in [2.24, 2.45) is 0 Å². The third-order valence-electron chi connectivity index (χ3n) is 3.97. The van der Waals surface area contributed by atoms with Crippen LogP contribution in [0.2, 0.25) is 0 Å². The normalized spacial score (nSPS) is 10.6. The van der Waals surface area contributed by atoms with E-state index in [2.05, 4.69) is 65.1 Å². The fraction of sp³-hybridized carbons (Fsp3) is 0. The average Bonchev–Trinajstić information content (AvgIpc) is 2.69. The van der Waals surface area contributed by atoms with Crippen LogP contribution in [0.15, 0.2) is 91.0 Å². The molecule has 3 aromatic carbocycles. The van der Waals surface area contributed by atoms with Crippen LogP contribution in [0, 0.1) is 3.57 Å². The van der Waals surface area contributed by atoms with Crippen LogP contribution in [-0.2, 0) is 0 Å². The number of aromatic nitrogens is 2. The molecule has 0 unspecified atom stereocenters. The zero-order chi connectivity index (χ0) is 17.1. The van der Waals surface area contributed by atoms with Crippen molar-refractivity contribution >= 4 is 22.6 Å². The van der Waals surface area contributed by atoms with Gasteiger partial charge < -0.3 is 0 Å². The highest BCUT2D eigenvalue weighted by molar-refractivity contribution is 14.1. The molecule has 0 aliphatic rings. The molecule has 2 nitrogen and oxygen atoms in total. The Labute approximate surface area is 160 Å². The maximum absolute atomic E-state index is 4.82. The van der Waals surface area contributed by atoms with Gasteiger partial charge in [0.05, 0.1) is 11.4 Å². The van der Waals surface area contributed by atoms with Crippen molar-refractivity contribution in [1.29, 1.82) is 0 Å².